The number of hydrogen-bond donors (Lipinski definition) is 1. The van der Waals surface area contributed by atoms with E-state index in [-0.39, 0.29) is 24.4 Å². The number of aromatic amines is 1. The van der Waals surface area contributed by atoms with Gasteiger partial charge in [0.15, 0.2) is 0 Å². The maximum absolute atomic E-state index is 12.3. The molecule has 0 saturated carbocycles. The fourth-order valence-electron chi connectivity index (χ4n) is 2.49. The molecule has 25 heavy (non-hydrogen) atoms. The zero-order chi connectivity index (χ0) is 18.6. The Kier molecular flexibility index (Phi) is 5.55. The van der Waals surface area contributed by atoms with E-state index < -0.39 is 11.2 Å². The molecule has 0 unspecified atom stereocenters. The topological polar surface area (TPSA) is 99.0 Å². The normalized spacial score (nSPS) is 10.3. The standard InChI is InChI=1S/C18H20N4O3/c1-12-5-4-6-14(13(12)2)10-21(3)16(23)7-8-22-11-15(9-19)17(24)20-18(22)25/h4-6,11H,7-8,10H2,1-3H3,(H,20,24,25). The largest absolute Gasteiger partial charge is 0.341 e. The molecule has 0 aliphatic rings. The summed E-state index contributed by atoms with van der Waals surface area (Å²) in [5.74, 6) is -0.127. The van der Waals surface area contributed by atoms with E-state index in [0.29, 0.717) is 6.54 Å². The number of benzene rings is 1. The molecule has 1 amide bonds. The number of rotatable bonds is 5. The summed E-state index contributed by atoms with van der Waals surface area (Å²) in [6, 6.07) is 7.68. The van der Waals surface area contributed by atoms with Gasteiger partial charge in [0, 0.05) is 32.8 Å². The predicted molar refractivity (Wildman–Crippen MR) is 93.0 cm³/mol. The second-order valence-electron chi connectivity index (χ2n) is 5.97. The molecule has 0 saturated heterocycles. The lowest BCUT2D eigenvalue weighted by Gasteiger charge is -2.19. The lowest BCUT2D eigenvalue weighted by atomic mass is 10.0. The van der Waals surface area contributed by atoms with E-state index in [9.17, 15) is 14.4 Å². The highest BCUT2D eigenvalue weighted by Gasteiger charge is 2.12. The molecule has 0 fully saturated rings. The fourth-order valence-corrected chi connectivity index (χ4v) is 2.49. The Balaban J connectivity index is 2.05. The van der Waals surface area contributed by atoms with Crippen molar-refractivity contribution in [1.29, 1.82) is 5.26 Å². The van der Waals surface area contributed by atoms with Crippen LogP contribution in [0.5, 0.6) is 0 Å². The molecule has 0 aliphatic carbocycles. The van der Waals surface area contributed by atoms with Crippen LogP contribution in [0.1, 0.15) is 28.7 Å². The molecule has 1 aromatic heterocycles. The van der Waals surface area contributed by atoms with Crippen LogP contribution in [-0.2, 0) is 17.9 Å². The molecule has 7 nitrogen and oxygen atoms in total. The fraction of sp³-hybridized carbons (Fsp3) is 0.333. The first-order valence-corrected chi connectivity index (χ1v) is 7.86. The first kappa shape index (κ1) is 18.2. The second-order valence-corrected chi connectivity index (χ2v) is 5.97. The van der Waals surface area contributed by atoms with E-state index in [0.717, 1.165) is 11.1 Å². The van der Waals surface area contributed by atoms with Gasteiger partial charge in [0.2, 0.25) is 5.91 Å². The summed E-state index contributed by atoms with van der Waals surface area (Å²) in [4.78, 5) is 39.1. The lowest BCUT2D eigenvalue weighted by Crippen LogP contribution is -2.33. The molecule has 2 rings (SSSR count). The predicted octanol–water partition coefficient (Wildman–Crippen LogP) is 1.07. The summed E-state index contributed by atoms with van der Waals surface area (Å²) in [6.07, 6.45) is 1.28. The van der Waals surface area contributed by atoms with Crippen LogP contribution in [0.25, 0.3) is 0 Å². The Morgan fingerprint density at radius 1 is 1.32 bits per heavy atom. The molecule has 0 atom stereocenters. The molecule has 7 heteroatoms. The summed E-state index contributed by atoms with van der Waals surface area (Å²) >= 11 is 0. The molecule has 1 heterocycles. The van der Waals surface area contributed by atoms with Crippen LogP contribution in [0.4, 0.5) is 0 Å². The van der Waals surface area contributed by atoms with Crippen LogP contribution in [0.2, 0.25) is 0 Å². The number of H-pyrrole nitrogens is 1. The summed E-state index contributed by atoms with van der Waals surface area (Å²) in [6.45, 7) is 4.62. The summed E-state index contributed by atoms with van der Waals surface area (Å²) in [5.41, 5.74) is 1.88. The van der Waals surface area contributed by atoms with Gasteiger partial charge in [-0.1, -0.05) is 18.2 Å². The Morgan fingerprint density at radius 2 is 2.04 bits per heavy atom. The van der Waals surface area contributed by atoms with Crippen molar-refractivity contribution < 1.29 is 4.79 Å². The van der Waals surface area contributed by atoms with Crippen molar-refractivity contribution >= 4 is 5.91 Å². The molecule has 1 N–H and O–H groups in total. The number of hydrogen-bond acceptors (Lipinski definition) is 4. The molecule has 0 radical (unpaired) electrons. The van der Waals surface area contributed by atoms with E-state index in [1.807, 2.05) is 32.0 Å². The summed E-state index contributed by atoms with van der Waals surface area (Å²) in [5, 5.41) is 8.85. The van der Waals surface area contributed by atoms with E-state index >= 15 is 0 Å². The van der Waals surface area contributed by atoms with Crippen molar-refractivity contribution in [2.24, 2.45) is 0 Å². The molecule has 0 spiro atoms. The van der Waals surface area contributed by atoms with E-state index in [2.05, 4.69) is 4.98 Å². The Morgan fingerprint density at radius 3 is 2.72 bits per heavy atom. The maximum Gasteiger partial charge on any atom is 0.328 e. The second kappa shape index (κ2) is 7.62. The molecule has 2 aromatic rings. The van der Waals surface area contributed by atoms with Crippen LogP contribution in [0.15, 0.2) is 34.0 Å². The van der Waals surface area contributed by atoms with Gasteiger partial charge < -0.3 is 4.90 Å². The van der Waals surface area contributed by atoms with Gasteiger partial charge in [0.1, 0.15) is 11.6 Å². The van der Waals surface area contributed by atoms with Gasteiger partial charge in [0.25, 0.3) is 5.56 Å². The highest BCUT2D eigenvalue weighted by atomic mass is 16.2. The van der Waals surface area contributed by atoms with E-state index in [4.69, 9.17) is 5.26 Å². The molecule has 0 bridgehead atoms. The molecular weight excluding hydrogens is 320 g/mol. The van der Waals surface area contributed by atoms with Crippen LogP contribution >= 0.6 is 0 Å². The minimum Gasteiger partial charge on any atom is -0.341 e. The van der Waals surface area contributed by atoms with Crippen molar-refractivity contribution in [3.05, 3.63) is 67.5 Å². The Bertz CT molecular complexity index is 950. The minimum atomic E-state index is -0.720. The third kappa shape index (κ3) is 4.23. The van der Waals surface area contributed by atoms with Gasteiger partial charge >= 0.3 is 5.69 Å². The van der Waals surface area contributed by atoms with Gasteiger partial charge in [0.05, 0.1) is 0 Å². The smallest absolute Gasteiger partial charge is 0.328 e. The highest BCUT2D eigenvalue weighted by Crippen LogP contribution is 2.14. The number of aromatic nitrogens is 2. The van der Waals surface area contributed by atoms with Gasteiger partial charge in [-0.2, -0.15) is 5.26 Å². The van der Waals surface area contributed by atoms with Crippen molar-refractivity contribution in [2.75, 3.05) is 7.05 Å². The number of carbonyl (C=O) groups excluding carboxylic acids is 1. The number of aryl methyl sites for hydroxylation is 2. The summed E-state index contributed by atoms with van der Waals surface area (Å²) in [7, 11) is 1.71. The minimum absolute atomic E-state index is 0.0954. The van der Waals surface area contributed by atoms with Gasteiger partial charge in [-0.15, -0.1) is 0 Å². The Labute approximate surface area is 145 Å². The average molecular weight is 340 g/mol. The summed E-state index contributed by atoms with van der Waals surface area (Å²) < 4.78 is 1.17. The molecular formula is C18H20N4O3. The van der Waals surface area contributed by atoms with E-state index in [1.54, 1.807) is 18.0 Å². The third-order valence-electron chi connectivity index (χ3n) is 4.25. The maximum atomic E-state index is 12.3. The zero-order valence-corrected chi connectivity index (χ0v) is 14.5. The number of amides is 1. The number of nitrogens with one attached hydrogen (secondary N) is 1. The van der Waals surface area contributed by atoms with Gasteiger partial charge in [-0.05, 0) is 30.5 Å². The van der Waals surface area contributed by atoms with Crippen LogP contribution in [0, 0.1) is 25.2 Å². The SMILES string of the molecule is Cc1cccc(CN(C)C(=O)CCn2cc(C#N)c(=O)[nH]c2=O)c1C. The van der Waals surface area contributed by atoms with E-state index in [1.165, 1.54) is 16.3 Å². The van der Waals surface area contributed by atoms with Crippen molar-refractivity contribution in [3.63, 3.8) is 0 Å². The Hall–Kier alpha value is -3.14. The van der Waals surface area contributed by atoms with Gasteiger partial charge in [-0.25, -0.2) is 4.79 Å². The van der Waals surface area contributed by atoms with Crippen molar-refractivity contribution in [3.8, 4) is 6.07 Å². The molecule has 1 aromatic carbocycles. The van der Waals surface area contributed by atoms with Crippen molar-refractivity contribution in [1.82, 2.24) is 14.5 Å². The third-order valence-corrected chi connectivity index (χ3v) is 4.25. The van der Waals surface area contributed by atoms with Crippen LogP contribution in [0.3, 0.4) is 0 Å². The quantitative estimate of drug-likeness (QED) is 0.880. The van der Waals surface area contributed by atoms with Crippen LogP contribution in [-0.4, -0.2) is 27.4 Å². The number of nitrogens with zero attached hydrogens (tertiary/aromatic N) is 3. The number of carbonyl (C=O) groups is 1. The lowest BCUT2D eigenvalue weighted by molar-refractivity contribution is -0.130. The first-order valence-electron chi connectivity index (χ1n) is 7.86. The number of nitriles is 1. The zero-order valence-electron chi connectivity index (χ0n) is 14.5. The molecule has 130 valence electrons. The van der Waals surface area contributed by atoms with Crippen LogP contribution < -0.4 is 11.2 Å². The molecule has 0 aliphatic heterocycles. The monoisotopic (exact) mass is 340 g/mol. The van der Waals surface area contributed by atoms with Gasteiger partial charge in [-0.3, -0.25) is 19.1 Å². The average Bonchev–Trinajstić information content (AvgIpc) is 2.58. The highest BCUT2D eigenvalue weighted by molar-refractivity contribution is 5.75. The van der Waals surface area contributed by atoms with Crippen molar-refractivity contribution in [2.45, 2.75) is 33.4 Å². The first-order chi connectivity index (χ1) is 11.8.